The molecule has 0 spiro atoms. The highest BCUT2D eigenvalue weighted by atomic mass is 28.4. The van der Waals surface area contributed by atoms with Crippen LogP contribution in [0.1, 0.15) is 61.3 Å². The summed E-state index contributed by atoms with van der Waals surface area (Å²) in [7, 11) is -4.79. The third kappa shape index (κ3) is 6.91. The molecular formula is C31H46O4Si2. The van der Waals surface area contributed by atoms with E-state index in [1.165, 1.54) is 17.3 Å². The first-order chi connectivity index (χ1) is 17.2. The van der Waals surface area contributed by atoms with Crippen LogP contribution in [0, 0.1) is 0 Å². The Hall–Kier alpha value is -2.00. The molecule has 0 bridgehead atoms. The number of hydrogen-bond acceptors (Lipinski definition) is 4. The average molecular weight is 539 g/mol. The highest BCUT2D eigenvalue weighted by Gasteiger charge is 2.52. The Morgan fingerprint density at radius 1 is 0.730 bits per heavy atom. The van der Waals surface area contributed by atoms with Gasteiger partial charge in [-0.1, -0.05) is 108 Å². The lowest BCUT2D eigenvalue weighted by atomic mass is 10.1. The van der Waals surface area contributed by atoms with E-state index in [-0.39, 0.29) is 34.4 Å². The van der Waals surface area contributed by atoms with E-state index in [0.717, 1.165) is 6.42 Å². The van der Waals surface area contributed by atoms with Gasteiger partial charge in [0.15, 0.2) is 8.32 Å². The summed E-state index contributed by atoms with van der Waals surface area (Å²) in [5.41, 5.74) is 0. The van der Waals surface area contributed by atoms with Crippen LogP contribution in [0.4, 0.5) is 0 Å². The van der Waals surface area contributed by atoms with Crippen molar-refractivity contribution < 1.29 is 18.4 Å². The fraction of sp³-hybridized carbons (Fsp3) is 0.516. The maximum atomic E-state index is 11.9. The average Bonchev–Trinajstić information content (AvgIpc) is 2.97. The Kier molecular flexibility index (Phi) is 9.11. The first kappa shape index (κ1) is 29.6. The highest BCUT2D eigenvalue weighted by Crippen LogP contribution is 2.41. The molecule has 37 heavy (non-hydrogen) atoms. The first-order valence-electron chi connectivity index (χ1n) is 13.5. The lowest BCUT2D eigenvalue weighted by Crippen LogP contribution is -2.67. The second-order valence-electron chi connectivity index (χ2n) is 12.8. The van der Waals surface area contributed by atoms with Gasteiger partial charge in [0, 0.05) is 19.8 Å². The van der Waals surface area contributed by atoms with E-state index in [0.29, 0.717) is 6.42 Å². The molecule has 4 nitrogen and oxygen atoms in total. The molecule has 3 atom stereocenters. The minimum Gasteiger partial charge on any atom is -0.458 e. The van der Waals surface area contributed by atoms with Crippen LogP contribution in [-0.4, -0.2) is 40.9 Å². The largest absolute Gasteiger partial charge is 0.458 e. The maximum Gasteiger partial charge on any atom is 0.303 e. The van der Waals surface area contributed by atoms with Gasteiger partial charge in [-0.2, -0.15) is 0 Å². The van der Waals surface area contributed by atoms with Crippen molar-refractivity contribution in [2.75, 3.05) is 0 Å². The molecule has 0 fully saturated rings. The Labute approximate surface area is 226 Å². The van der Waals surface area contributed by atoms with Gasteiger partial charge in [0.2, 0.25) is 0 Å². The molecule has 2 aromatic rings. The molecule has 1 aliphatic rings. The zero-order chi connectivity index (χ0) is 27.5. The zero-order valence-electron chi connectivity index (χ0n) is 24.2. The monoisotopic (exact) mass is 538 g/mol. The normalized spacial score (nSPS) is 21.4. The molecule has 0 N–H and O–H groups in total. The summed E-state index contributed by atoms with van der Waals surface area (Å²) in [6, 6.07) is 21.4. The third-order valence-electron chi connectivity index (χ3n) is 7.86. The highest BCUT2D eigenvalue weighted by molar-refractivity contribution is 6.99. The van der Waals surface area contributed by atoms with Crippen LogP contribution in [0.3, 0.4) is 0 Å². The SMILES string of the molecule is CC(=O)O[C@@H]1C=C[C@H](O[Si](c2ccccc2)(c2ccccc2)C(C)(C)C)C[C@@H](O[Si](C)(C)C(C)(C)C)C1. The number of carbonyl (C=O) groups is 1. The number of carbonyl (C=O) groups excluding carboxylic acids is 1. The topological polar surface area (TPSA) is 44.8 Å². The Bertz CT molecular complexity index is 1010. The summed E-state index contributed by atoms with van der Waals surface area (Å²) >= 11 is 0. The fourth-order valence-electron chi connectivity index (χ4n) is 5.02. The van der Waals surface area contributed by atoms with Gasteiger partial charge < -0.3 is 13.6 Å². The van der Waals surface area contributed by atoms with Crippen LogP contribution in [-0.2, 0) is 18.4 Å². The first-order valence-corrected chi connectivity index (χ1v) is 18.3. The van der Waals surface area contributed by atoms with Crippen molar-refractivity contribution in [3.63, 3.8) is 0 Å². The molecular weight excluding hydrogens is 493 g/mol. The maximum absolute atomic E-state index is 11.9. The van der Waals surface area contributed by atoms with E-state index >= 15 is 0 Å². The van der Waals surface area contributed by atoms with Crippen LogP contribution in [0.25, 0.3) is 0 Å². The van der Waals surface area contributed by atoms with E-state index in [9.17, 15) is 4.79 Å². The summed E-state index contributed by atoms with van der Waals surface area (Å²) in [5, 5.41) is 2.47. The zero-order valence-corrected chi connectivity index (χ0v) is 26.2. The third-order valence-corrected chi connectivity index (χ3v) is 17.5. The summed E-state index contributed by atoms with van der Waals surface area (Å²) in [6.07, 6.45) is 4.94. The van der Waals surface area contributed by atoms with Crippen molar-refractivity contribution in [2.24, 2.45) is 0 Å². The van der Waals surface area contributed by atoms with Gasteiger partial charge in [0.1, 0.15) is 6.10 Å². The summed E-state index contributed by atoms with van der Waals surface area (Å²) in [5.74, 6) is -0.271. The molecule has 202 valence electrons. The van der Waals surface area contributed by atoms with Gasteiger partial charge in [0.25, 0.3) is 8.32 Å². The molecule has 0 aliphatic heterocycles. The molecule has 2 aromatic carbocycles. The molecule has 0 amide bonds. The van der Waals surface area contributed by atoms with Gasteiger partial charge in [-0.15, -0.1) is 0 Å². The molecule has 0 aromatic heterocycles. The summed E-state index contributed by atoms with van der Waals surface area (Å²) in [4.78, 5) is 11.9. The van der Waals surface area contributed by atoms with Gasteiger partial charge in [0.05, 0.1) is 12.2 Å². The Morgan fingerprint density at radius 2 is 1.19 bits per heavy atom. The van der Waals surface area contributed by atoms with E-state index < -0.39 is 16.6 Å². The van der Waals surface area contributed by atoms with Crippen molar-refractivity contribution in [1.29, 1.82) is 0 Å². The van der Waals surface area contributed by atoms with E-state index in [1.807, 2.05) is 6.08 Å². The molecule has 6 heteroatoms. The summed E-state index contributed by atoms with van der Waals surface area (Å²) < 4.78 is 20.0. The van der Waals surface area contributed by atoms with Crippen molar-refractivity contribution in [1.82, 2.24) is 0 Å². The van der Waals surface area contributed by atoms with E-state index in [4.69, 9.17) is 13.6 Å². The van der Waals surface area contributed by atoms with E-state index in [2.05, 4.69) is 121 Å². The number of ether oxygens (including phenoxy) is 1. The van der Waals surface area contributed by atoms with Crippen LogP contribution >= 0.6 is 0 Å². The second kappa shape index (κ2) is 11.4. The number of hydrogen-bond donors (Lipinski definition) is 0. The van der Waals surface area contributed by atoms with Crippen LogP contribution in [0.2, 0.25) is 23.2 Å². The fourth-order valence-corrected chi connectivity index (χ4v) is 11.0. The molecule has 1 aliphatic carbocycles. The quantitative estimate of drug-likeness (QED) is 0.226. The predicted octanol–water partition coefficient (Wildman–Crippen LogP) is 6.60. The lowest BCUT2D eigenvalue weighted by molar-refractivity contribution is -0.145. The van der Waals surface area contributed by atoms with Crippen LogP contribution < -0.4 is 10.4 Å². The molecule has 0 heterocycles. The van der Waals surface area contributed by atoms with Gasteiger partial charge in [-0.25, -0.2) is 0 Å². The van der Waals surface area contributed by atoms with Crippen molar-refractivity contribution in [3.8, 4) is 0 Å². The van der Waals surface area contributed by atoms with Gasteiger partial charge in [-0.05, 0) is 39.6 Å². The van der Waals surface area contributed by atoms with Crippen molar-refractivity contribution in [2.45, 2.75) is 103 Å². The van der Waals surface area contributed by atoms with Gasteiger partial charge in [-0.3, -0.25) is 4.79 Å². The van der Waals surface area contributed by atoms with Crippen LogP contribution in [0.15, 0.2) is 72.8 Å². The minimum absolute atomic E-state index is 0.0662. The molecule has 3 rings (SSSR count). The molecule has 0 radical (unpaired) electrons. The lowest BCUT2D eigenvalue weighted by Gasteiger charge is -2.45. The second-order valence-corrected chi connectivity index (χ2v) is 21.8. The number of esters is 1. The Morgan fingerprint density at radius 3 is 1.62 bits per heavy atom. The number of benzene rings is 2. The Balaban J connectivity index is 2.08. The molecule has 0 saturated carbocycles. The molecule has 0 unspecified atom stereocenters. The van der Waals surface area contributed by atoms with Gasteiger partial charge >= 0.3 is 5.97 Å². The molecule has 0 saturated heterocycles. The predicted molar refractivity (Wildman–Crippen MR) is 158 cm³/mol. The number of rotatable bonds is 7. The van der Waals surface area contributed by atoms with Crippen molar-refractivity contribution in [3.05, 3.63) is 72.8 Å². The van der Waals surface area contributed by atoms with E-state index in [1.54, 1.807) is 0 Å². The summed E-state index contributed by atoms with van der Waals surface area (Å²) in [6.45, 7) is 19.7. The van der Waals surface area contributed by atoms with Crippen LogP contribution in [0.5, 0.6) is 0 Å². The standard InChI is InChI=1S/C31H46O4Si2/c1-24(32)33-25-20-21-26(23-27(22-25)34-36(8,9)30(2,3)4)35-37(31(5,6)7,28-16-12-10-13-17-28)29-18-14-11-15-19-29/h10-21,25-27H,22-23H2,1-9H3/t25-,26+,27+/m1/s1. The van der Waals surface area contributed by atoms with Crippen molar-refractivity contribution >= 4 is 33.0 Å². The minimum atomic E-state index is -2.74. The smallest absolute Gasteiger partial charge is 0.303 e.